The van der Waals surface area contributed by atoms with E-state index in [4.69, 9.17) is 4.74 Å². The van der Waals surface area contributed by atoms with Gasteiger partial charge >= 0.3 is 5.97 Å². The zero-order valence-corrected chi connectivity index (χ0v) is 20.9. The first-order chi connectivity index (χ1) is 14.1. The first-order valence-corrected chi connectivity index (χ1v) is 10.9. The third-order valence-electron chi connectivity index (χ3n) is 6.51. The number of piperidine rings is 1. The molecule has 1 aromatic rings. The Morgan fingerprint density at radius 3 is 2.43 bits per heavy atom. The molecule has 6 nitrogen and oxygen atoms in total. The van der Waals surface area contributed by atoms with E-state index < -0.39 is 0 Å². The summed E-state index contributed by atoms with van der Waals surface area (Å²) in [4.78, 5) is 18.6. The summed E-state index contributed by atoms with van der Waals surface area (Å²) < 4.78 is 4.90. The minimum absolute atomic E-state index is 0. The van der Waals surface area contributed by atoms with Crippen LogP contribution in [0.3, 0.4) is 0 Å². The van der Waals surface area contributed by atoms with Gasteiger partial charge in [0.2, 0.25) is 0 Å². The number of rotatable bonds is 6. The first-order valence-electron chi connectivity index (χ1n) is 10.9. The van der Waals surface area contributed by atoms with Gasteiger partial charge < -0.3 is 20.3 Å². The Morgan fingerprint density at radius 1 is 1.23 bits per heavy atom. The van der Waals surface area contributed by atoms with Crippen molar-refractivity contribution in [3.63, 3.8) is 0 Å². The van der Waals surface area contributed by atoms with Crippen LogP contribution in [0.4, 0.5) is 0 Å². The van der Waals surface area contributed by atoms with Crippen LogP contribution in [0, 0.1) is 5.92 Å². The largest absolute Gasteiger partial charge is 0.469 e. The number of nitrogens with zero attached hydrogens (tertiary/aromatic N) is 2. The molecule has 0 bridgehead atoms. The molecule has 0 spiro atoms. The van der Waals surface area contributed by atoms with Gasteiger partial charge in [0.05, 0.1) is 13.0 Å². The Labute approximate surface area is 198 Å². The molecular formula is C23H37IN4O2. The third kappa shape index (κ3) is 6.33. The average Bonchev–Trinajstić information content (AvgIpc) is 3.23. The number of nitrogens with one attached hydrogen (secondary N) is 2. The number of esters is 1. The molecule has 168 valence electrons. The second kappa shape index (κ2) is 11.9. The zero-order chi connectivity index (χ0) is 20.7. The van der Waals surface area contributed by atoms with Crippen LogP contribution in [0.15, 0.2) is 35.3 Å². The Balaban J connectivity index is 0.00000320. The van der Waals surface area contributed by atoms with E-state index in [1.165, 1.54) is 38.4 Å². The lowest BCUT2D eigenvalue weighted by Crippen LogP contribution is -2.55. The van der Waals surface area contributed by atoms with Crippen LogP contribution in [0.2, 0.25) is 0 Å². The highest BCUT2D eigenvalue weighted by Crippen LogP contribution is 2.32. The normalized spacial score (nSPS) is 20.4. The van der Waals surface area contributed by atoms with E-state index in [0.29, 0.717) is 6.04 Å². The number of guanidine groups is 1. The summed E-state index contributed by atoms with van der Waals surface area (Å²) in [7, 11) is 3.32. The van der Waals surface area contributed by atoms with Gasteiger partial charge in [-0.2, -0.15) is 0 Å². The van der Waals surface area contributed by atoms with Crippen molar-refractivity contribution in [2.45, 2.75) is 57.0 Å². The highest BCUT2D eigenvalue weighted by Gasteiger charge is 2.36. The minimum atomic E-state index is -0.0865. The molecule has 1 unspecified atom stereocenters. The van der Waals surface area contributed by atoms with Crippen molar-refractivity contribution < 1.29 is 9.53 Å². The Morgan fingerprint density at radius 2 is 1.87 bits per heavy atom. The lowest BCUT2D eigenvalue weighted by atomic mass is 9.94. The smallest absolute Gasteiger partial charge is 0.308 e. The Hall–Kier alpha value is -1.35. The van der Waals surface area contributed by atoms with Gasteiger partial charge in [-0.3, -0.25) is 9.79 Å². The van der Waals surface area contributed by atoms with E-state index in [-0.39, 0.29) is 41.4 Å². The fourth-order valence-corrected chi connectivity index (χ4v) is 4.78. The number of benzene rings is 1. The molecule has 0 aromatic heterocycles. The van der Waals surface area contributed by atoms with E-state index in [2.05, 4.69) is 57.8 Å². The molecule has 1 saturated carbocycles. The van der Waals surface area contributed by atoms with Gasteiger partial charge in [-0.25, -0.2) is 0 Å². The van der Waals surface area contributed by atoms with Gasteiger partial charge in [-0.05, 0) is 38.2 Å². The van der Waals surface area contributed by atoms with Crippen molar-refractivity contribution >= 4 is 35.9 Å². The van der Waals surface area contributed by atoms with Crippen LogP contribution >= 0.6 is 24.0 Å². The fraction of sp³-hybridized carbons (Fsp3) is 0.652. The topological polar surface area (TPSA) is 66.0 Å². The average molecular weight is 528 g/mol. The quantitative estimate of drug-likeness (QED) is 0.255. The summed E-state index contributed by atoms with van der Waals surface area (Å²) in [5.74, 6) is 0.870. The highest BCUT2D eigenvalue weighted by atomic mass is 127. The molecule has 2 N–H and O–H groups in total. The monoisotopic (exact) mass is 528 g/mol. The predicted molar refractivity (Wildman–Crippen MR) is 132 cm³/mol. The number of carbonyl (C=O) groups is 1. The summed E-state index contributed by atoms with van der Waals surface area (Å²) in [6.07, 6.45) is 6.53. The maximum absolute atomic E-state index is 11.8. The number of methoxy groups -OCH3 is 1. The SMILES string of the molecule is CN=C(NCC1(NC(C)c2ccccc2)CCCC1)N1CCC(C(=O)OC)CC1.I. The number of carbonyl (C=O) groups excluding carboxylic acids is 1. The van der Waals surface area contributed by atoms with Gasteiger partial charge in [0, 0.05) is 38.3 Å². The van der Waals surface area contributed by atoms with Crippen LogP contribution in [-0.2, 0) is 9.53 Å². The molecule has 3 rings (SSSR count). The van der Waals surface area contributed by atoms with Gasteiger partial charge in [-0.1, -0.05) is 43.2 Å². The molecule has 2 aliphatic rings. The van der Waals surface area contributed by atoms with E-state index in [0.717, 1.165) is 38.4 Å². The lowest BCUT2D eigenvalue weighted by Gasteiger charge is -2.37. The molecule has 1 aromatic carbocycles. The van der Waals surface area contributed by atoms with Gasteiger partial charge in [0.25, 0.3) is 0 Å². The highest BCUT2D eigenvalue weighted by molar-refractivity contribution is 14.0. The molecule has 1 saturated heterocycles. The van der Waals surface area contributed by atoms with Crippen molar-refractivity contribution in [1.29, 1.82) is 0 Å². The van der Waals surface area contributed by atoms with Crippen LogP contribution in [0.25, 0.3) is 0 Å². The van der Waals surface area contributed by atoms with Crippen LogP contribution in [-0.4, -0.2) is 56.2 Å². The summed E-state index contributed by atoms with van der Waals surface area (Å²) >= 11 is 0. The molecular weight excluding hydrogens is 491 g/mol. The lowest BCUT2D eigenvalue weighted by molar-refractivity contribution is -0.146. The predicted octanol–water partition coefficient (Wildman–Crippen LogP) is 3.73. The van der Waals surface area contributed by atoms with Crippen LogP contribution in [0.5, 0.6) is 0 Å². The Bertz CT molecular complexity index is 684. The maximum Gasteiger partial charge on any atom is 0.308 e. The van der Waals surface area contributed by atoms with Crippen molar-refractivity contribution in [2.75, 3.05) is 33.8 Å². The summed E-state index contributed by atoms with van der Waals surface area (Å²) in [5, 5.41) is 7.56. The number of hydrogen-bond donors (Lipinski definition) is 2. The van der Waals surface area contributed by atoms with Crippen LogP contribution in [0.1, 0.15) is 57.1 Å². The molecule has 1 atom stereocenters. The number of halogens is 1. The van der Waals surface area contributed by atoms with E-state index in [9.17, 15) is 4.79 Å². The number of ether oxygens (including phenoxy) is 1. The second-order valence-electron chi connectivity index (χ2n) is 8.45. The van der Waals surface area contributed by atoms with Crippen molar-refractivity contribution in [2.24, 2.45) is 10.9 Å². The summed E-state index contributed by atoms with van der Waals surface area (Å²) in [5.41, 5.74) is 1.42. The zero-order valence-electron chi connectivity index (χ0n) is 18.5. The molecule has 1 heterocycles. The summed E-state index contributed by atoms with van der Waals surface area (Å²) in [6, 6.07) is 11.0. The molecule has 1 aliphatic heterocycles. The number of likely N-dealkylation sites (tertiary alicyclic amines) is 1. The first kappa shape index (κ1) is 24.9. The summed E-state index contributed by atoms with van der Waals surface area (Å²) in [6.45, 7) is 4.79. The van der Waals surface area contributed by atoms with Crippen molar-refractivity contribution in [1.82, 2.24) is 15.5 Å². The number of hydrogen-bond acceptors (Lipinski definition) is 4. The number of aliphatic imine (C=N–C) groups is 1. The van der Waals surface area contributed by atoms with Crippen molar-refractivity contribution in [3.05, 3.63) is 35.9 Å². The Kier molecular flexibility index (Phi) is 9.87. The van der Waals surface area contributed by atoms with Gasteiger partial charge in [0.15, 0.2) is 5.96 Å². The van der Waals surface area contributed by atoms with E-state index in [1.807, 2.05) is 7.05 Å². The fourth-order valence-electron chi connectivity index (χ4n) is 4.78. The standard InChI is InChI=1S/C23H36N4O2.HI/c1-18(19-9-5-4-6-10-19)26-23(13-7-8-14-23)17-25-22(24-2)27-15-11-20(12-16-27)21(28)29-3;/h4-6,9-10,18,20,26H,7-8,11-17H2,1-3H3,(H,24,25);1H. The van der Waals surface area contributed by atoms with E-state index >= 15 is 0 Å². The van der Waals surface area contributed by atoms with Crippen molar-refractivity contribution in [3.8, 4) is 0 Å². The second-order valence-corrected chi connectivity index (χ2v) is 8.45. The molecule has 1 aliphatic carbocycles. The molecule has 2 fully saturated rings. The molecule has 0 radical (unpaired) electrons. The minimum Gasteiger partial charge on any atom is -0.469 e. The third-order valence-corrected chi connectivity index (χ3v) is 6.51. The molecule has 7 heteroatoms. The van der Waals surface area contributed by atoms with E-state index in [1.54, 1.807) is 0 Å². The molecule has 0 amide bonds. The molecule has 30 heavy (non-hydrogen) atoms. The van der Waals surface area contributed by atoms with Gasteiger partial charge in [-0.15, -0.1) is 24.0 Å². The van der Waals surface area contributed by atoms with Crippen LogP contribution < -0.4 is 10.6 Å². The maximum atomic E-state index is 11.8. The van der Waals surface area contributed by atoms with Gasteiger partial charge in [0.1, 0.15) is 0 Å².